The van der Waals surface area contributed by atoms with Gasteiger partial charge in [0.05, 0.1) is 10.0 Å². The van der Waals surface area contributed by atoms with Crippen LogP contribution in [-0.2, 0) is 0 Å². The van der Waals surface area contributed by atoms with Crippen LogP contribution in [0.5, 0.6) is 0 Å². The molecular formula is C18H23Cl2NO. The van der Waals surface area contributed by atoms with Gasteiger partial charge in [0.25, 0.3) is 0 Å². The normalized spacial score (nSPS) is 30.5. The van der Waals surface area contributed by atoms with Gasteiger partial charge in [-0.3, -0.25) is 4.79 Å². The molecule has 1 aromatic carbocycles. The van der Waals surface area contributed by atoms with Crippen LogP contribution < -0.4 is 5.32 Å². The molecular weight excluding hydrogens is 317 g/mol. The van der Waals surface area contributed by atoms with Crippen molar-refractivity contribution < 1.29 is 4.79 Å². The molecule has 2 aliphatic heterocycles. The van der Waals surface area contributed by atoms with Crippen LogP contribution >= 0.6 is 23.2 Å². The maximum Gasteiger partial charge on any atom is 0.170 e. The third-order valence-electron chi connectivity index (χ3n) is 5.46. The highest BCUT2D eigenvalue weighted by Crippen LogP contribution is 2.46. The van der Waals surface area contributed by atoms with E-state index in [-0.39, 0.29) is 11.2 Å². The fraction of sp³-hybridized carbons (Fsp3) is 0.611. The van der Waals surface area contributed by atoms with E-state index in [1.54, 1.807) is 12.1 Å². The number of piperidine rings is 1. The van der Waals surface area contributed by atoms with Gasteiger partial charge in [0.15, 0.2) is 5.78 Å². The Kier molecular flexibility index (Phi) is 4.82. The van der Waals surface area contributed by atoms with Crippen LogP contribution in [-0.4, -0.2) is 17.9 Å². The first-order valence-corrected chi connectivity index (χ1v) is 9.08. The number of ketones is 1. The molecule has 0 radical (unpaired) electrons. The third-order valence-corrected chi connectivity index (χ3v) is 6.20. The summed E-state index contributed by atoms with van der Waals surface area (Å²) in [7, 11) is 0. The van der Waals surface area contributed by atoms with Gasteiger partial charge in [0, 0.05) is 23.1 Å². The van der Waals surface area contributed by atoms with Crippen LogP contribution in [0.25, 0.3) is 0 Å². The van der Waals surface area contributed by atoms with Crippen molar-refractivity contribution in [1.29, 1.82) is 0 Å². The summed E-state index contributed by atoms with van der Waals surface area (Å²) in [6, 6.07) is 6.23. The molecule has 0 amide bonds. The Morgan fingerprint density at radius 2 is 2.09 bits per heavy atom. The van der Waals surface area contributed by atoms with Gasteiger partial charge < -0.3 is 5.32 Å². The maximum atomic E-state index is 13.3. The molecule has 3 rings (SSSR count). The summed E-state index contributed by atoms with van der Waals surface area (Å²) in [5.74, 6) is 0.248. The van der Waals surface area contributed by atoms with Crippen LogP contribution in [0.1, 0.15) is 62.2 Å². The van der Waals surface area contributed by atoms with Crippen LogP contribution in [0.4, 0.5) is 0 Å². The average molecular weight is 340 g/mol. The van der Waals surface area contributed by atoms with Crippen LogP contribution in [0.3, 0.4) is 0 Å². The summed E-state index contributed by atoms with van der Waals surface area (Å²) >= 11 is 12.1. The zero-order valence-corrected chi connectivity index (χ0v) is 14.5. The molecule has 2 nitrogen and oxygen atoms in total. The van der Waals surface area contributed by atoms with E-state index in [9.17, 15) is 4.79 Å². The summed E-state index contributed by atoms with van der Waals surface area (Å²) in [5.41, 5.74) is 0.442. The van der Waals surface area contributed by atoms with Crippen molar-refractivity contribution in [3.05, 3.63) is 33.8 Å². The standard InChI is InChI=1S/C18H23Cl2NO/c1-2-3-9-18(10-8-13-5-7-16(18)21-13)17(22)12-4-6-14(19)15(20)11-12/h4,6,11,13,16,21H,2-3,5,7-10H2,1H3/t13-,16-,18+/m1/s1. The van der Waals surface area contributed by atoms with Gasteiger partial charge in [-0.05, 0) is 50.3 Å². The molecule has 2 fully saturated rings. The van der Waals surface area contributed by atoms with E-state index < -0.39 is 0 Å². The first kappa shape index (κ1) is 16.3. The Bertz CT molecular complexity index is 574. The lowest BCUT2D eigenvalue weighted by atomic mass is 9.66. The predicted octanol–water partition coefficient (Wildman–Crippen LogP) is 5.27. The number of benzene rings is 1. The topological polar surface area (TPSA) is 29.1 Å². The van der Waals surface area contributed by atoms with E-state index >= 15 is 0 Å². The molecule has 2 saturated heterocycles. The van der Waals surface area contributed by atoms with Crippen molar-refractivity contribution >= 4 is 29.0 Å². The molecule has 0 saturated carbocycles. The number of rotatable bonds is 5. The fourth-order valence-corrected chi connectivity index (χ4v) is 4.49. The molecule has 22 heavy (non-hydrogen) atoms. The number of fused-ring (bicyclic) bond motifs is 2. The van der Waals surface area contributed by atoms with Gasteiger partial charge in [-0.25, -0.2) is 0 Å². The molecule has 4 heteroatoms. The Morgan fingerprint density at radius 1 is 1.27 bits per heavy atom. The number of carbonyl (C=O) groups is 1. The Balaban J connectivity index is 1.94. The van der Waals surface area contributed by atoms with Gasteiger partial charge in [0.1, 0.15) is 0 Å². The summed E-state index contributed by atoms with van der Waals surface area (Å²) in [4.78, 5) is 13.3. The number of Topliss-reactive ketones (excluding diaryl/α,β-unsaturated/α-hetero) is 1. The zero-order chi connectivity index (χ0) is 15.7. The number of hydrogen-bond acceptors (Lipinski definition) is 2. The second-order valence-corrected chi connectivity index (χ2v) is 7.56. The highest BCUT2D eigenvalue weighted by molar-refractivity contribution is 6.42. The monoisotopic (exact) mass is 339 g/mol. The van der Waals surface area contributed by atoms with Crippen molar-refractivity contribution in [2.75, 3.05) is 0 Å². The van der Waals surface area contributed by atoms with Gasteiger partial charge in [-0.1, -0.05) is 43.0 Å². The minimum Gasteiger partial charge on any atom is -0.310 e. The van der Waals surface area contributed by atoms with Crippen molar-refractivity contribution in [3.63, 3.8) is 0 Å². The summed E-state index contributed by atoms with van der Waals surface area (Å²) in [6.07, 6.45) is 7.59. The molecule has 1 N–H and O–H groups in total. The number of unbranched alkanes of at least 4 members (excludes halogenated alkanes) is 1. The molecule has 3 atom stereocenters. The molecule has 120 valence electrons. The number of nitrogens with one attached hydrogen (secondary N) is 1. The van der Waals surface area contributed by atoms with Crippen molar-refractivity contribution in [1.82, 2.24) is 5.32 Å². The smallest absolute Gasteiger partial charge is 0.170 e. The van der Waals surface area contributed by atoms with E-state index in [0.29, 0.717) is 27.7 Å². The minimum atomic E-state index is -0.264. The minimum absolute atomic E-state index is 0.248. The van der Waals surface area contributed by atoms with Gasteiger partial charge in [-0.15, -0.1) is 0 Å². The fourth-order valence-electron chi connectivity index (χ4n) is 4.19. The van der Waals surface area contributed by atoms with Crippen molar-refractivity contribution in [2.24, 2.45) is 5.41 Å². The lowest BCUT2D eigenvalue weighted by molar-refractivity contribution is 0.0612. The Labute approximate surface area is 142 Å². The summed E-state index contributed by atoms with van der Waals surface area (Å²) in [6.45, 7) is 2.19. The molecule has 0 unspecified atom stereocenters. The highest BCUT2D eigenvalue weighted by Gasteiger charge is 2.50. The lowest BCUT2D eigenvalue weighted by Gasteiger charge is -2.42. The molecule has 2 bridgehead atoms. The summed E-state index contributed by atoms with van der Waals surface area (Å²) < 4.78 is 0. The van der Waals surface area contributed by atoms with Crippen LogP contribution in [0.15, 0.2) is 18.2 Å². The van der Waals surface area contributed by atoms with E-state index in [2.05, 4.69) is 12.2 Å². The second-order valence-electron chi connectivity index (χ2n) is 6.75. The first-order chi connectivity index (χ1) is 10.6. The molecule has 1 aromatic rings. The Morgan fingerprint density at radius 3 is 2.82 bits per heavy atom. The largest absolute Gasteiger partial charge is 0.310 e. The van der Waals surface area contributed by atoms with E-state index in [4.69, 9.17) is 23.2 Å². The Hall–Kier alpha value is -0.570. The van der Waals surface area contributed by atoms with E-state index in [1.807, 2.05) is 6.07 Å². The quantitative estimate of drug-likeness (QED) is 0.740. The molecule has 0 aromatic heterocycles. The van der Waals surface area contributed by atoms with Crippen LogP contribution in [0.2, 0.25) is 10.0 Å². The van der Waals surface area contributed by atoms with Gasteiger partial charge >= 0.3 is 0 Å². The predicted molar refractivity (Wildman–Crippen MR) is 91.9 cm³/mol. The highest BCUT2D eigenvalue weighted by atomic mass is 35.5. The molecule has 2 aliphatic rings. The average Bonchev–Trinajstić information content (AvgIpc) is 2.93. The molecule has 0 aliphatic carbocycles. The second kappa shape index (κ2) is 6.51. The number of halogens is 2. The van der Waals surface area contributed by atoms with Crippen molar-refractivity contribution in [3.8, 4) is 0 Å². The third kappa shape index (κ3) is 2.81. The van der Waals surface area contributed by atoms with E-state index in [0.717, 1.165) is 38.5 Å². The van der Waals surface area contributed by atoms with Crippen molar-refractivity contribution in [2.45, 2.75) is 64.0 Å². The summed E-state index contributed by atoms with van der Waals surface area (Å²) in [5, 5.41) is 4.65. The SMILES string of the molecule is CCCC[C@]1(C(=O)c2ccc(Cl)c(Cl)c2)CC[C@H]2CC[C@H]1N2. The van der Waals surface area contributed by atoms with Crippen LogP contribution in [0, 0.1) is 5.41 Å². The molecule has 2 heterocycles. The van der Waals surface area contributed by atoms with Gasteiger partial charge in [-0.2, -0.15) is 0 Å². The molecule has 0 spiro atoms. The maximum absolute atomic E-state index is 13.3. The van der Waals surface area contributed by atoms with Gasteiger partial charge in [0.2, 0.25) is 0 Å². The lowest BCUT2D eigenvalue weighted by Crippen LogP contribution is -2.53. The van der Waals surface area contributed by atoms with E-state index in [1.165, 1.54) is 6.42 Å². The zero-order valence-electron chi connectivity index (χ0n) is 13.0. The first-order valence-electron chi connectivity index (χ1n) is 8.33. The number of hydrogen-bond donors (Lipinski definition) is 1. The number of carbonyl (C=O) groups excluding carboxylic acids is 1.